The maximum absolute atomic E-state index is 11.8. The van der Waals surface area contributed by atoms with Gasteiger partial charge in [-0.15, -0.1) is 0 Å². The zero-order valence-electron chi connectivity index (χ0n) is 13.3. The smallest absolute Gasteiger partial charge is 0.412 e. The molecule has 21 heavy (non-hydrogen) atoms. The Morgan fingerprint density at radius 2 is 2.10 bits per heavy atom. The molecule has 1 fully saturated rings. The summed E-state index contributed by atoms with van der Waals surface area (Å²) in [5, 5.41) is 0. The Labute approximate surface area is 128 Å². The van der Waals surface area contributed by atoms with Gasteiger partial charge in [-0.2, -0.15) is 4.89 Å². The molecule has 0 aliphatic carbocycles. The average Bonchev–Trinajstić information content (AvgIpc) is 2.46. The molecule has 7 heteroatoms. The molecule has 3 N–H and O–H groups in total. The molecule has 3 unspecified atom stereocenters. The fourth-order valence-corrected chi connectivity index (χ4v) is 2.40. The summed E-state index contributed by atoms with van der Waals surface area (Å²) in [6.07, 6.45) is 4.02. The van der Waals surface area contributed by atoms with Gasteiger partial charge in [-0.05, 0) is 30.2 Å². The molecule has 0 aromatic heterocycles. The Kier molecular flexibility index (Phi) is 15.8. The Hall–Kier alpha value is -0.390. The third-order valence-electron chi connectivity index (χ3n) is 2.92. The molecule has 1 saturated heterocycles. The summed E-state index contributed by atoms with van der Waals surface area (Å²) in [6.45, 7) is 6.69. The SMILES string of the molecule is CC.CCCCC(OC1CCCCO1)C(=O)C[P+](=O)O.O. The highest BCUT2D eigenvalue weighted by molar-refractivity contribution is 7.39. The Morgan fingerprint density at radius 3 is 2.57 bits per heavy atom. The zero-order valence-corrected chi connectivity index (χ0v) is 14.2. The molecule has 1 heterocycles. The van der Waals surface area contributed by atoms with Crippen LogP contribution in [0.5, 0.6) is 0 Å². The van der Waals surface area contributed by atoms with Gasteiger partial charge >= 0.3 is 8.03 Å². The first kappa shape index (κ1) is 22.9. The van der Waals surface area contributed by atoms with Gasteiger partial charge in [-0.1, -0.05) is 33.6 Å². The van der Waals surface area contributed by atoms with Crippen LogP contribution in [0.2, 0.25) is 0 Å². The lowest BCUT2D eigenvalue weighted by molar-refractivity contribution is -0.191. The van der Waals surface area contributed by atoms with Crippen LogP contribution in [0.25, 0.3) is 0 Å². The van der Waals surface area contributed by atoms with Crippen LogP contribution >= 0.6 is 8.03 Å². The molecule has 0 radical (unpaired) electrons. The molecule has 0 bridgehead atoms. The fraction of sp³-hybridized carbons (Fsp3) is 0.929. The average molecular weight is 325 g/mol. The van der Waals surface area contributed by atoms with E-state index in [1.165, 1.54) is 0 Å². The second-order valence-corrected chi connectivity index (χ2v) is 5.56. The molecule has 6 nitrogen and oxygen atoms in total. The summed E-state index contributed by atoms with van der Waals surface area (Å²) >= 11 is 0. The van der Waals surface area contributed by atoms with Crippen LogP contribution in [0.3, 0.4) is 0 Å². The molecule has 0 amide bonds. The lowest BCUT2D eigenvalue weighted by atomic mass is 10.1. The van der Waals surface area contributed by atoms with Crippen LogP contribution in [-0.2, 0) is 18.8 Å². The number of Topliss-reactive ketones (excluding diaryl/α,β-unsaturated/α-hetero) is 1. The molecule has 0 spiro atoms. The number of ether oxygens (including phenoxy) is 2. The van der Waals surface area contributed by atoms with Crippen molar-refractivity contribution in [2.45, 2.75) is 71.7 Å². The van der Waals surface area contributed by atoms with E-state index < -0.39 is 14.1 Å². The van der Waals surface area contributed by atoms with Gasteiger partial charge in [0.25, 0.3) is 0 Å². The van der Waals surface area contributed by atoms with Crippen molar-refractivity contribution in [3.8, 4) is 0 Å². The Balaban J connectivity index is 0. The number of hydrogen-bond donors (Lipinski definition) is 1. The number of ketones is 1. The Bertz CT molecular complexity index is 279. The molecule has 0 aromatic rings. The van der Waals surface area contributed by atoms with Crippen molar-refractivity contribution >= 4 is 13.8 Å². The first-order chi connectivity index (χ1) is 9.63. The standard InChI is InChI=1S/C12H21O5P.C2H6.H2O/c1-2-3-6-11(10(13)9-18(14)15)17-12-7-4-5-8-16-12;1-2;/h11-12H,2-9H2,1H3;1-2H3;1H2/p+1. The van der Waals surface area contributed by atoms with E-state index >= 15 is 0 Å². The highest BCUT2D eigenvalue weighted by atomic mass is 31.1. The maximum atomic E-state index is 11.8. The summed E-state index contributed by atoms with van der Waals surface area (Å²) in [6, 6.07) is 0. The molecule has 1 aliphatic rings. The second kappa shape index (κ2) is 14.5. The molecule has 126 valence electrons. The van der Waals surface area contributed by atoms with Crippen molar-refractivity contribution in [2.24, 2.45) is 0 Å². The van der Waals surface area contributed by atoms with Crippen LogP contribution in [0.15, 0.2) is 0 Å². The van der Waals surface area contributed by atoms with E-state index in [0.29, 0.717) is 13.0 Å². The van der Waals surface area contributed by atoms with E-state index in [1.54, 1.807) is 0 Å². The first-order valence-corrected chi connectivity index (χ1v) is 8.96. The molecule has 1 aliphatic heterocycles. The van der Waals surface area contributed by atoms with Crippen LogP contribution in [0, 0.1) is 0 Å². The van der Waals surface area contributed by atoms with Gasteiger partial charge in [0.1, 0.15) is 6.10 Å². The number of hydrogen-bond acceptors (Lipinski definition) is 4. The number of rotatable bonds is 8. The molecule has 0 saturated carbocycles. The van der Waals surface area contributed by atoms with Gasteiger partial charge in [0, 0.05) is 6.61 Å². The molecular weight excluding hydrogens is 295 g/mol. The topological polar surface area (TPSA) is 104 Å². The van der Waals surface area contributed by atoms with Gasteiger partial charge in [0.05, 0.1) is 0 Å². The third-order valence-corrected chi connectivity index (χ3v) is 3.51. The van der Waals surface area contributed by atoms with Crippen molar-refractivity contribution in [3.63, 3.8) is 0 Å². The van der Waals surface area contributed by atoms with E-state index in [2.05, 4.69) is 0 Å². The lowest BCUT2D eigenvalue weighted by Gasteiger charge is -2.26. The first-order valence-electron chi connectivity index (χ1n) is 7.56. The highest BCUT2D eigenvalue weighted by Crippen LogP contribution is 2.21. The summed E-state index contributed by atoms with van der Waals surface area (Å²) < 4.78 is 21.8. The Morgan fingerprint density at radius 1 is 1.43 bits per heavy atom. The van der Waals surface area contributed by atoms with E-state index in [0.717, 1.165) is 32.1 Å². The number of carbonyl (C=O) groups excluding carboxylic acids is 1. The molecule has 0 aromatic carbocycles. The van der Waals surface area contributed by atoms with E-state index in [-0.39, 0.29) is 23.7 Å². The molecule has 3 atom stereocenters. The fourth-order valence-electron chi connectivity index (χ4n) is 1.93. The van der Waals surface area contributed by atoms with E-state index in [4.69, 9.17) is 14.4 Å². The largest absolute Gasteiger partial charge is 0.513 e. The molecule has 1 rings (SSSR count). The van der Waals surface area contributed by atoms with Gasteiger partial charge in [0.15, 0.2) is 6.29 Å². The van der Waals surface area contributed by atoms with Crippen LogP contribution in [0.4, 0.5) is 0 Å². The van der Waals surface area contributed by atoms with Crippen molar-refractivity contribution in [2.75, 3.05) is 12.8 Å². The predicted octanol–water partition coefficient (Wildman–Crippen LogP) is 2.59. The normalized spacial score (nSPS) is 19.6. The van der Waals surface area contributed by atoms with E-state index in [1.807, 2.05) is 20.8 Å². The van der Waals surface area contributed by atoms with Crippen molar-refractivity contribution < 1.29 is 29.2 Å². The van der Waals surface area contributed by atoms with E-state index in [9.17, 15) is 9.36 Å². The van der Waals surface area contributed by atoms with Crippen LogP contribution in [-0.4, -0.2) is 41.3 Å². The van der Waals surface area contributed by atoms with Crippen molar-refractivity contribution in [1.82, 2.24) is 0 Å². The van der Waals surface area contributed by atoms with Gasteiger partial charge < -0.3 is 14.9 Å². The highest BCUT2D eigenvalue weighted by Gasteiger charge is 2.30. The monoisotopic (exact) mass is 325 g/mol. The summed E-state index contributed by atoms with van der Waals surface area (Å²) in [7, 11) is -2.43. The van der Waals surface area contributed by atoms with Crippen LogP contribution in [0.1, 0.15) is 59.3 Å². The number of unbranched alkanes of at least 4 members (excludes halogenated alkanes) is 1. The van der Waals surface area contributed by atoms with Gasteiger partial charge in [-0.25, -0.2) is 0 Å². The summed E-state index contributed by atoms with van der Waals surface area (Å²) in [5.74, 6) is -0.291. The number of carbonyl (C=O) groups is 1. The van der Waals surface area contributed by atoms with Crippen molar-refractivity contribution in [1.29, 1.82) is 0 Å². The quantitative estimate of drug-likeness (QED) is 0.691. The zero-order chi connectivity index (χ0) is 15.4. The van der Waals surface area contributed by atoms with Crippen LogP contribution < -0.4 is 0 Å². The molecular formula is C14H30O6P+. The third kappa shape index (κ3) is 10.9. The second-order valence-electron chi connectivity index (χ2n) is 4.54. The summed E-state index contributed by atoms with van der Waals surface area (Å²) in [4.78, 5) is 20.6. The minimum atomic E-state index is -2.43. The summed E-state index contributed by atoms with van der Waals surface area (Å²) in [5.41, 5.74) is 0. The van der Waals surface area contributed by atoms with Crippen molar-refractivity contribution in [3.05, 3.63) is 0 Å². The van der Waals surface area contributed by atoms with Gasteiger partial charge in [0.2, 0.25) is 11.9 Å². The minimum absolute atomic E-state index is 0. The van der Waals surface area contributed by atoms with Gasteiger partial charge in [-0.3, -0.25) is 4.79 Å². The predicted molar refractivity (Wildman–Crippen MR) is 82.7 cm³/mol. The minimum Gasteiger partial charge on any atom is -0.412 e. The lowest BCUT2D eigenvalue weighted by Crippen LogP contribution is -2.33. The maximum Gasteiger partial charge on any atom is 0.513 e.